The molecule has 0 spiro atoms. The minimum absolute atomic E-state index is 0.647. The Hall–Kier alpha value is -6.00. The number of para-hydroxylation sites is 3. The minimum atomic E-state index is 0.647. The topological polar surface area (TPSA) is 35.6 Å². The van der Waals surface area contributed by atoms with Crippen molar-refractivity contribution < 1.29 is 0 Å². The lowest BCUT2D eigenvalue weighted by Crippen LogP contribution is -2.03. The van der Waals surface area contributed by atoms with Gasteiger partial charge in [0.2, 0.25) is 5.95 Å². The van der Waals surface area contributed by atoms with Gasteiger partial charge in [0.25, 0.3) is 0 Å². The minimum Gasteiger partial charge on any atom is -0.307 e. The molecule has 0 bridgehead atoms. The third-order valence-corrected chi connectivity index (χ3v) is 8.58. The summed E-state index contributed by atoms with van der Waals surface area (Å²) in [4.78, 5) is 10.1. The van der Waals surface area contributed by atoms with Gasteiger partial charge in [-0.1, -0.05) is 115 Å². The predicted octanol–water partition coefficient (Wildman–Crippen LogP) is 10.0. The first kappa shape index (κ1) is 24.6. The maximum Gasteiger partial charge on any atom is 0.235 e. The molecule has 0 atom stereocenters. The van der Waals surface area contributed by atoms with Crippen molar-refractivity contribution in [2.24, 2.45) is 0 Å². The van der Waals surface area contributed by atoms with Crippen molar-refractivity contribution in [1.29, 1.82) is 0 Å². The van der Waals surface area contributed by atoms with Crippen molar-refractivity contribution in [2.75, 3.05) is 0 Å². The summed E-state index contributed by atoms with van der Waals surface area (Å²) in [6.45, 7) is 0. The number of benzene rings is 6. The second kappa shape index (κ2) is 9.79. The molecule has 4 heteroatoms. The lowest BCUT2D eigenvalue weighted by Gasteiger charge is -2.13. The molecule has 9 rings (SSSR count). The molecule has 0 aliphatic carbocycles. The van der Waals surface area contributed by atoms with Gasteiger partial charge >= 0.3 is 0 Å². The molecule has 9 aromatic rings. The average Bonchev–Trinajstić information content (AvgIpc) is 3.63. The van der Waals surface area contributed by atoms with E-state index in [1.807, 2.05) is 30.5 Å². The Morgan fingerprint density at radius 3 is 1.77 bits per heavy atom. The zero-order chi connectivity index (χ0) is 29.0. The lowest BCUT2D eigenvalue weighted by atomic mass is 9.96. The van der Waals surface area contributed by atoms with E-state index < -0.39 is 0 Å². The molecule has 3 heterocycles. The summed E-state index contributed by atoms with van der Waals surface area (Å²) >= 11 is 0. The molecule has 0 aliphatic heterocycles. The molecule has 0 radical (unpaired) electrons. The first-order chi connectivity index (χ1) is 21.9. The Morgan fingerprint density at radius 1 is 0.455 bits per heavy atom. The fraction of sp³-hybridized carbons (Fsp3) is 0. The third-order valence-electron chi connectivity index (χ3n) is 8.58. The van der Waals surface area contributed by atoms with Crippen LogP contribution in [0.15, 0.2) is 158 Å². The lowest BCUT2D eigenvalue weighted by molar-refractivity contribution is 0.991. The van der Waals surface area contributed by atoms with E-state index in [0.29, 0.717) is 5.95 Å². The van der Waals surface area contributed by atoms with Gasteiger partial charge in [0.1, 0.15) is 0 Å². The molecular weight excluding hydrogens is 536 g/mol. The number of rotatable bonds is 4. The highest BCUT2D eigenvalue weighted by Gasteiger charge is 2.25. The standard InChI is InChI=1S/C40H26N4/c1-4-14-27(15-5-1)32-26-33-30-20-10-12-22-35(30)43(29-18-8-3-9-19-29)38(33)39-37(32)31-21-11-13-23-36(31)44(39)40-41-25-24-34(42-40)28-16-6-2-7-17-28/h1-26H. The first-order valence-electron chi connectivity index (χ1n) is 14.9. The molecule has 0 aliphatic rings. The van der Waals surface area contributed by atoms with Crippen LogP contribution in [-0.4, -0.2) is 19.1 Å². The number of fused-ring (bicyclic) bond motifs is 7. The normalized spacial score (nSPS) is 11.6. The van der Waals surface area contributed by atoms with Crippen molar-refractivity contribution in [2.45, 2.75) is 0 Å². The summed E-state index contributed by atoms with van der Waals surface area (Å²) in [6.07, 6.45) is 1.87. The van der Waals surface area contributed by atoms with Gasteiger partial charge in [-0.2, -0.15) is 0 Å². The Bertz CT molecular complexity index is 2470. The van der Waals surface area contributed by atoms with Gasteiger partial charge in [0.05, 0.1) is 27.8 Å². The van der Waals surface area contributed by atoms with Gasteiger partial charge in [0, 0.05) is 39.0 Å². The summed E-state index contributed by atoms with van der Waals surface area (Å²) < 4.78 is 4.67. The van der Waals surface area contributed by atoms with Gasteiger partial charge in [-0.05, 0) is 47.5 Å². The fourth-order valence-corrected chi connectivity index (χ4v) is 6.72. The van der Waals surface area contributed by atoms with E-state index in [0.717, 1.165) is 39.0 Å². The summed E-state index contributed by atoms with van der Waals surface area (Å²) in [5.74, 6) is 0.647. The number of hydrogen-bond donors (Lipinski definition) is 0. The quantitative estimate of drug-likeness (QED) is 0.214. The van der Waals surface area contributed by atoms with E-state index in [1.54, 1.807) is 0 Å². The van der Waals surface area contributed by atoms with Crippen LogP contribution in [0.4, 0.5) is 0 Å². The van der Waals surface area contributed by atoms with Crippen LogP contribution in [-0.2, 0) is 0 Å². The number of nitrogens with zero attached hydrogens (tertiary/aromatic N) is 4. The molecule has 4 nitrogen and oxygen atoms in total. The Morgan fingerprint density at radius 2 is 1.05 bits per heavy atom. The van der Waals surface area contributed by atoms with Crippen molar-refractivity contribution in [3.05, 3.63) is 158 Å². The fourth-order valence-electron chi connectivity index (χ4n) is 6.72. The molecule has 6 aromatic carbocycles. The Kier molecular flexibility index (Phi) is 5.47. The molecule has 0 saturated heterocycles. The maximum atomic E-state index is 5.19. The highest BCUT2D eigenvalue weighted by atomic mass is 15.2. The van der Waals surface area contributed by atoms with Gasteiger partial charge in [0.15, 0.2) is 0 Å². The van der Waals surface area contributed by atoms with Gasteiger partial charge in [-0.3, -0.25) is 4.57 Å². The van der Waals surface area contributed by atoms with Crippen molar-refractivity contribution in [3.63, 3.8) is 0 Å². The second-order valence-electron chi connectivity index (χ2n) is 11.1. The molecule has 3 aromatic heterocycles. The van der Waals surface area contributed by atoms with E-state index in [-0.39, 0.29) is 0 Å². The molecule has 0 unspecified atom stereocenters. The number of aromatic nitrogens is 4. The molecule has 0 N–H and O–H groups in total. The summed E-state index contributed by atoms with van der Waals surface area (Å²) in [6, 6.07) is 53.4. The number of hydrogen-bond acceptors (Lipinski definition) is 2. The SMILES string of the molecule is c1ccc(-c2ccnc(-n3c4ccccc4c4c(-c5ccccc5)cc5c6ccccc6n(-c6ccccc6)c5c43)n2)cc1. The molecule has 0 amide bonds. The maximum absolute atomic E-state index is 5.19. The van der Waals surface area contributed by atoms with Crippen molar-refractivity contribution >= 4 is 43.6 Å². The van der Waals surface area contributed by atoms with Crippen LogP contribution in [0, 0.1) is 0 Å². The van der Waals surface area contributed by atoms with Crippen LogP contribution in [0.3, 0.4) is 0 Å². The van der Waals surface area contributed by atoms with Crippen LogP contribution < -0.4 is 0 Å². The molecular formula is C40H26N4. The van der Waals surface area contributed by atoms with Crippen LogP contribution in [0.5, 0.6) is 0 Å². The van der Waals surface area contributed by atoms with E-state index in [2.05, 4.69) is 137 Å². The average molecular weight is 563 g/mol. The molecule has 44 heavy (non-hydrogen) atoms. The van der Waals surface area contributed by atoms with Gasteiger partial charge in [-0.25, -0.2) is 9.97 Å². The smallest absolute Gasteiger partial charge is 0.235 e. The van der Waals surface area contributed by atoms with Crippen LogP contribution in [0.25, 0.3) is 77.6 Å². The van der Waals surface area contributed by atoms with Crippen molar-refractivity contribution in [1.82, 2.24) is 19.1 Å². The third kappa shape index (κ3) is 3.64. The van der Waals surface area contributed by atoms with E-state index in [9.17, 15) is 0 Å². The summed E-state index contributed by atoms with van der Waals surface area (Å²) in [7, 11) is 0. The van der Waals surface area contributed by atoms with Crippen molar-refractivity contribution in [3.8, 4) is 34.0 Å². The zero-order valence-electron chi connectivity index (χ0n) is 23.8. The van der Waals surface area contributed by atoms with Crippen LogP contribution >= 0.6 is 0 Å². The van der Waals surface area contributed by atoms with E-state index >= 15 is 0 Å². The molecule has 0 saturated carbocycles. The van der Waals surface area contributed by atoms with E-state index in [1.165, 1.54) is 32.7 Å². The van der Waals surface area contributed by atoms with Crippen LogP contribution in [0.1, 0.15) is 0 Å². The molecule has 206 valence electrons. The Balaban J connectivity index is 1.54. The summed E-state index contributed by atoms with van der Waals surface area (Å²) in [5, 5.41) is 4.76. The predicted molar refractivity (Wildman–Crippen MR) is 182 cm³/mol. The van der Waals surface area contributed by atoms with Crippen LogP contribution in [0.2, 0.25) is 0 Å². The van der Waals surface area contributed by atoms with Gasteiger partial charge < -0.3 is 4.57 Å². The first-order valence-corrected chi connectivity index (χ1v) is 14.9. The zero-order valence-corrected chi connectivity index (χ0v) is 23.8. The van der Waals surface area contributed by atoms with Gasteiger partial charge in [-0.15, -0.1) is 0 Å². The Labute approximate surface area is 254 Å². The highest BCUT2D eigenvalue weighted by Crippen LogP contribution is 2.45. The van der Waals surface area contributed by atoms with E-state index in [4.69, 9.17) is 9.97 Å². The second-order valence-corrected chi connectivity index (χ2v) is 11.1. The highest BCUT2D eigenvalue weighted by molar-refractivity contribution is 6.28. The molecule has 0 fully saturated rings. The monoisotopic (exact) mass is 562 g/mol. The summed E-state index contributed by atoms with van der Waals surface area (Å²) in [5.41, 5.74) is 9.90. The largest absolute Gasteiger partial charge is 0.307 e.